The van der Waals surface area contributed by atoms with Crippen LogP contribution in [0.3, 0.4) is 0 Å². The van der Waals surface area contributed by atoms with Gasteiger partial charge >= 0.3 is 0 Å². The van der Waals surface area contributed by atoms with Gasteiger partial charge in [0.25, 0.3) is 5.91 Å². The molecule has 0 aliphatic carbocycles. The molecule has 1 heterocycles. The van der Waals surface area contributed by atoms with Gasteiger partial charge in [0.2, 0.25) is 17.3 Å². The molecule has 2 rings (SSSR count). The van der Waals surface area contributed by atoms with E-state index in [0.717, 1.165) is 5.56 Å². The van der Waals surface area contributed by atoms with Crippen molar-refractivity contribution in [2.45, 2.75) is 6.54 Å². The molecule has 0 unspecified atom stereocenters. The molecule has 2 aromatic rings. The summed E-state index contributed by atoms with van der Waals surface area (Å²) in [7, 11) is 4.68. The van der Waals surface area contributed by atoms with Crippen molar-refractivity contribution in [3.63, 3.8) is 0 Å². The second kappa shape index (κ2) is 10.3. The monoisotopic (exact) mass is 387 g/mol. The van der Waals surface area contributed by atoms with Crippen molar-refractivity contribution in [1.82, 2.24) is 20.9 Å². The topological polar surface area (TPSA) is 134 Å². The number of ether oxygens (including phenoxy) is 3. The highest BCUT2D eigenvalue weighted by Crippen LogP contribution is 2.38. The SMILES string of the molecule is COc1cc(CNCCNC(=O)c2nonc2N)cc(OC)c1OC.Cl. The molecule has 1 amide bonds. The van der Waals surface area contributed by atoms with Crippen molar-refractivity contribution in [2.75, 3.05) is 40.2 Å². The average Bonchev–Trinajstić information content (AvgIpc) is 3.06. The van der Waals surface area contributed by atoms with Gasteiger partial charge in [0, 0.05) is 19.6 Å². The number of rotatable bonds is 9. The van der Waals surface area contributed by atoms with Crippen LogP contribution in [-0.4, -0.2) is 50.6 Å². The van der Waals surface area contributed by atoms with Gasteiger partial charge in [0.15, 0.2) is 11.5 Å². The molecule has 0 atom stereocenters. The zero-order chi connectivity index (χ0) is 18.2. The van der Waals surface area contributed by atoms with E-state index in [9.17, 15) is 4.79 Å². The Hall–Kier alpha value is -2.72. The highest BCUT2D eigenvalue weighted by molar-refractivity contribution is 5.95. The highest BCUT2D eigenvalue weighted by Gasteiger charge is 2.15. The van der Waals surface area contributed by atoms with Crippen LogP contribution in [-0.2, 0) is 6.54 Å². The third-order valence-electron chi connectivity index (χ3n) is 3.37. The van der Waals surface area contributed by atoms with Crippen molar-refractivity contribution in [1.29, 1.82) is 0 Å². The van der Waals surface area contributed by atoms with Crippen molar-refractivity contribution < 1.29 is 23.6 Å². The maximum Gasteiger partial charge on any atom is 0.277 e. The number of benzene rings is 1. The van der Waals surface area contributed by atoms with Crippen LogP contribution in [0.1, 0.15) is 16.1 Å². The van der Waals surface area contributed by atoms with Crippen molar-refractivity contribution in [3.05, 3.63) is 23.4 Å². The van der Waals surface area contributed by atoms with Crippen LogP contribution in [0.5, 0.6) is 17.2 Å². The van der Waals surface area contributed by atoms with E-state index in [2.05, 4.69) is 25.6 Å². The zero-order valence-electron chi connectivity index (χ0n) is 14.7. The smallest absolute Gasteiger partial charge is 0.277 e. The van der Waals surface area contributed by atoms with Crippen molar-refractivity contribution >= 4 is 24.1 Å². The number of halogens is 1. The van der Waals surface area contributed by atoms with Gasteiger partial charge in [-0.15, -0.1) is 12.4 Å². The Kier molecular flexibility index (Phi) is 8.46. The van der Waals surface area contributed by atoms with Crippen LogP contribution >= 0.6 is 12.4 Å². The first-order valence-corrected chi connectivity index (χ1v) is 7.46. The van der Waals surface area contributed by atoms with E-state index in [0.29, 0.717) is 36.9 Å². The van der Waals surface area contributed by atoms with Gasteiger partial charge in [-0.1, -0.05) is 0 Å². The lowest BCUT2D eigenvalue weighted by Gasteiger charge is -2.14. The molecule has 0 fully saturated rings. The Bertz CT molecular complexity index is 699. The van der Waals surface area contributed by atoms with E-state index in [1.165, 1.54) is 0 Å². The molecule has 0 aliphatic rings. The van der Waals surface area contributed by atoms with E-state index >= 15 is 0 Å². The molecule has 1 aromatic carbocycles. The number of methoxy groups -OCH3 is 3. The van der Waals surface area contributed by atoms with Crippen molar-refractivity contribution in [2.24, 2.45) is 0 Å². The number of hydrogen-bond acceptors (Lipinski definition) is 9. The molecule has 0 saturated heterocycles. The summed E-state index contributed by atoms with van der Waals surface area (Å²) in [5.74, 6) is 1.23. The lowest BCUT2D eigenvalue weighted by molar-refractivity contribution is 0.0944. The van der Waals surface area contributed by atoms with Crippen LogP contribution in [0.2, 0.25) is 0 Å². The largest absolute Gasteiger partial charge is 0.493 e. The second-order valence-electron chi connectivity index (χ2n) is 4.96. The molecule has 4 N–H and O–H groups in total. The summed E-state index contributed by atoms with van der Waals surface area (Å²) in [6.07, 6.45) is 0. The molecule has 0 bridgehead atoms. The Morgan fingerprint density at radius 1 is 1.12 bits per heavy atom. The van der Waals surface area contributed by atoms with Gasteiger partial charge in [0.1, 0.15) is 0 Å². The fourth-order valence-corrected chi connectivity index (χ4v) is 2.17. The number of nitrogen functional groups attached to an aromatic ring is 1. The number of nitrogens with zero attached hydrogens (tertiary/aromatic N) is 2. The van der Waals surface area contributed by atoms with Crippen LogP contribution in [0.15, 0.2) is 16.8 Å². The van der Waals surface area contributed by atoms with Crippen LogP contribution in [0.4, 0.5) is 5.82 Å². The zero-order valence-corrected chi connectivity index (χ0v) is 15.5. The summed E-state index contributed by atoms with van der Waals surface area (Å²) in [6, 6.07) is 3.71. The minimum atomic E-state index is -0.437. The first-order chi connectivity index (χ1) is 12.1. The third kappa shape index (κ3) is 5.14. The molecular formula is C15H22ClN5O5. The van der Waals surface area contributed by atoms with Gasteiger partial charge in [-0.3, -0.25) is 4.79 Å². The normalized spacial score (nSPS) is 9.96. The number of carbonyl (C=O) groups is 1. The van der Waals surface area contributed by atoms with E-state index in [-0.39, 0.29) is 23.9 Å². The summed E-state index contributed by atoms with van der Waals surface area (Å²) in [4.78, 5) is 11.8. The average molecular weight is 388 g/mol. The molecule has 0 aliphatic heterocycles. The first-order valence-electron chi connectivity index (χ1n) is 7.46. The standard InChI is InChI=1S/C15H21N5O5.ClH/c1-22-10-6-9(7-11(23-2)13(10)24-3)8-17-4-5-18-15(21)12-14(16)20-25-19-12;/h6-7,17H,4-5,8H2,1-3H3,(H2,16,20)(H,18,21);1H. The molecule has 0 spiro atoms. The summed E-state index contributed by atoms with van der Waals surface area (Å²) in [5, 5.41) is 12.6. The van der Waals surface area contributed by atoms with Gasteiger partial charge < -0.3 is 30.6 Å². The van der Waals surface area contributed by atoms with Gasteiger partial charge in [-0.25, -0.2) is 4.63 Å². The predicted octanol–water partition coefficient (Wildman–Crippen LogP) is 0.619. The van der Waals surface area contributed by atoms with Gasteiger partial charge in [-0.2, -0.15) is 0 Å². The molecule has 10 nitrogen and oxygen atoms in total. The molecule has 1 aromatic heterocycles. The number of amides is 1. The van der Waals surface area contributed by atoms with Gasteiger partial charge in [0.05, 0.1) is 21.3 Å². The molecule has 144 valence electrons. The minimum Gasteiger partial charge on any atom is -0.493 e. The fraction of sp³-hybridized carbons (Fsp3) is 0.400. The molecule has 26 heavy (non-hydrogen) atoms. The Balaban J connectivity index is 0.00000338. The summed E-state index contributed by atoms with van der Waals surface area (Å²) < 4.78 is 20.3. The van der Waals surface area contributed by atoms with Crippen LogP contribution in [0, 0.1) is 0 Å². The summed E-state index contributed by atoms with van der Waals surface area (Å²) in [6.45, 7) is 1.48. The van der Waals surface area contributed by atoms with Crippen LogP contribution < -0.4 is 30.6 Å². The van der Waals surface area contributed by atoms with Crippen LogP contribution in [0.25, 0.3) is 0 Å². The predicted molar refractivity (Wildman–Crippen MR) is 96.1 cm³/mol. The summed E-state index contributed by atoms with van der Waals surface area (Å²) >= 11 is 0. The Labute approximate surface area is 156 Å². The second-order valence-corrected chi connectivity index (χ2v) is 4.96. The maximum atomic E-state index is 11.8. The first kappa shape index (κ1) is 21.3. The Morgan fingerprint density at radius 2 is 1.77 bits per heavy atom. The molecular weight excluding hydrogens is 366 g/mol. The fourth-order valence-electron chi connectivity index (χ4n) is 2.17. The number of nitrogens with two attached hydrogens (primary N) is 1. The number of anilines is 1. The highest BCUT2D eigenvalue weighted by atomic mass is 35.5. The van der Waals surface area contributed by atoms with Gasteiger partial charge in [-0.05, 0) is 28.0 Å². The molecule has 0 saturated carbocycles. The van der Waals surface area contributed by atoms with E-state index in [4.69, 9.17) is 19.9 Å². The quantitative estimate of drug-likeness (QED) is 0.529. The lowest BCUT2D eigenvalue weighted by Crippen LogP contribution is -2.32. The third-order valence-corrected chi connectivity index (χ3v) is 3.37. The lowest BCUT2D eigenvalue weighted by atomic mass is 10.2. The van der Waals surface area contributed by atoms with E-state index < -0.39 is 5.91 Å². The Morgan fingerprint density at radius 3 is 2.27 bits per heavy atom. The van der Waals surface area contributed by atoms with Crippen molar-refractivity contribution in [3.8, 4) is 17.2 Å². The number of nitrogens with one attached hydrogen (secondary N) is 2. The molecule has 11 heteroatoms. The maximum absolute atomic E-state index is 11.8. The summed E-state index contributed by atoms with van der Waals surface area (Å²) in [5.41, 5.74) is 6.37. The van der Waals surface area contributed by atoms with E-state index in [1.807, 2.05) is 12.1 Å². The van der Waals surface area contributed by atoms with E-state index in [1.54, 1.807) is 21.3 Å². The minimum absolute atomic E-state index is 0. The number of carbonyl (C=O) groups excluding carboxylic acids is 1. The number of aromatic nitrogens is 2. The molecule has 0 radical (unpaired) electrons. The number of hydrogen-bond donors (Lipinski definition) is 3.